The van der Waals surface area contributed by atoms with E-state index < -0.39 is 0 Å². The third-order valence-electron chi connectivity index (χ3n) is 3.46. The van der Waals surface area contributed by atoms with Gasteiger partial charge in [0.05, 0.1) is 0 Å². The molecule has 0 N–H and O–H groups in total. The highest BCUT2D eigenvalue weighted by Crippen LogP contribution is 2.19. The first-order chi connectivity index (χ1) is 9.17. The number of nitrogens with zero attached hydrogens (tertiary/aromatic N) is 2. The van der Waals surface area contributed by atoms with Crippen LogP contribution in [-0.4, -0.2) is 55.4 Å². The molecule has 0 saturated carbocycles. The molecule has 1 aromatic carbocycles. The van der Waals surface area contributed by atoms with Crippen LogP contribution in [0.25, 0.3) is 0 Å². The van der Waals surface area contributed by atoms with E-state index in [-0.39, 0.29) is 0 Å². The van der Waals surface area contributed by atoms with Gasteiger partial charge in [0, 0.05) is 17.8 Å². The van der Waals surface area contributed by atoms with Crippen LogP contribution < -0.4 is 0 Å². The van der Waals surface area contributed by atoms with E-state index in [4.69, 9.17) is 0 Å². The van der Waals surface area contributed by atoms with Gasteiger partial charge in [-0.2, -0.15) is 0 Å². The Hall–Kier alpha value is -0.380. The van der Waals surface area contributed by atoms with E-state index in [1.807, 2.05) is 0 Å². The van der Waals surface area contributed by atoms with Crippen molar-refractivity contribution in [3.8, 4) is 0 Å². The van der Waals surface area contributed by atoms with Crippen molar-refractivity contribution in [2.45, 2.75) is 19.3 Å². The van der Waals surface area contributed by atoms with Gasteiger partial charge in [0.2, 0.25) is 0 Å². The molecule has 1 aromatic rings. The van der Waals surface area contributed by atoms with Gasteiger partial charge in [-0.25, -0.2) is 0 Å². The zero-order chi connectivity index (χ0) is 14.1. The van der Waals surface area contributed by atoms with Crippen molar-refractivity contribution < 1.29 is 0 Å². The Bertz CT molecular complexity index is 327. The van der Waals surface area contributed by atoms with Crippen molar-refractivity contribution in [1.82, 2.24) is 9.80 Å². The molecule has 0 aliphatic carbocycles. The Balaban J connectivity index is 2.48. The molecule has 0 heterocycles. The molecule has 19 heavy (non-hydrogen) atoms. The van der Waals surface area contributed by atoms with E-state index in [0.29, 0.717) is 5.92 Å². The molecule has 0 aliphatic heterocycles. The van der Waals surface area contributed by atoms with Crippen LogP contribution in [0.5, 0.6) is 0 Å². The van der Waals surface area contributed by atoms with Gasteiger partial charge in [0.1, 0.15) is 0 Å². The molecule has 1 rings (SSSR count). The van der Waals surface area contributed by atoms with Gasteiger partial charge in [0.25, 0.3) is 0 Å². The molecule has 0 saturated heterocycles. The second-order valence-corrected chi connectivity index (χ2v) is 5.96. The van der Waals surface area contributed by atoms with Crippen molar-refractivity contribution in [3.05, 3.63) is 35.9 Å². The number of hydrogen-bond donors (Lipinski definition) is 0. The average Bonchev–Trinajstić information content (AvgIpc) is 2.43. The minimum Gasteiger partial charge on any atom is -0.309 e. The van der Waals surface area contributed by atoms with Crippen LogP contribution in [0, 0.1) is 0 Å². The molecule has 0 aliphatic rings. The van der Waals surface area contributed by atoms with Crippen molar-refractivity contribution in [1.29, 1.82) is 0 Å². The van der Waals surface area contributed by atoms with Crippen LogP contribution in [0.2, 0.25) is 0 Å². The van der Waals surface area contributed by atoms with Crippen LogP contribution in [0.4, 0.5) is 0 Å². The standard InChI is InChI=1S/C16H27BrN2/c1-4-19(12-8-11-18(2)3)14-16(13-17)15-9-6-5-7-10-15/h5-7,9-10,16H,4,8,11-14H2,1-3H3. The summed E-state index contributed by atoms with van der Waals surface area (Å²) in [6, 6.07) is 10.8. The van der Waals surface area contributed by atoms with Crippen LogP contribution in [-0.2, 0) is 0 Å². The van der Waals surface area contributed by atoms with Crippen LogP contribution >= 0.6 is 15.9 Å². The van der Waals surface area contributed by atoms with Gasteiger partial charge < -0.3 is 9.80 Å². The summed E-state index contributed by atoms with van der Waals surface area (Å²) < 4.78 is 0. The average molecular weight is 327 g/mol. The highest BCUT2D eigenvalue weighted by molar-refractivity contribution is 9.09. The predicted octanol–water partition coefficient (Wildman–Crippen LogP) is 3.44. The lowest BCUT2D eigenvalue weighted by atomic mass is 10.0. The molecule has 0 amide bonds. The normalized spacial score (nSPS) is 13.2. The summed E-state index contributed by atoms with van der Waals surface area (Å²) in [7, 11) is 4.28. The largest absolute Gasteiger partial charge is 0.309 e. The molecule has 0 radical (unpaired) electrons. The van der Waals surface area contributed by atoms with E-state index in [9.17, 15) is 0 Å². The fourth-order valence-corrected chi connectivity index (χ4v) is 2.85. The Morgan fingerprint density at radius 3 is 2.32 bits per heavy atom. The highest BCUT2D eigenvalue weighted by Gasteiger charge is 2.13. The number of likely N-dealkylation sites (N-methyl/N-ethyl adjacent to an activating group) is 1. The molecule has 0 aromatic heterocycles. The fraction of sp³-hybridized carbons (Fsp3) is 0.625. The molecule has 2 nitrogen and oxygen atoms in total. The van der Waals surface area contributed by atoms with Crippen molar-refractivity contribution in [2.24, 2.45) is 0 Å². The van der Waals surface area contributed by atoms with Crippen LogP contribution in [0.15, 0.2) is 30.3 Å². The molecular formula is C16H27BrN2. The number of alkyl halides is 1. The van der Waals surface area contributed by atoms with Gasteiger partial charge in [-0.05, 0) is 45.7 Å². The maximum Gasteiger partial charge on any atom is 0.0112 e. The first-order valence-electron chi connectivity index (χ1n) is 7.15. The molecule has 0 fully saturated rings. The summed E-state index contributed by atoms with van der Waals surface area (Å²) in [5.74, 6) is 0.584. The quantitative estimate of drug-likeness (QED) is 0.641. The number of hydrogen-bond acceptors (Lipinski definition) is 2. The zero-order valence-corrected chi connectivity index (χ0v) is 14.1. The van der Waals surface area contributed by atoms with E-state index in [0.717, 1.165) is 18.4 Å². The summed E-state index contributed by atoms with van der Waals surface area (Å²) in [6.45, 7) is 6.88. The van der Waals surface area contributed by atoms with Gasteiger partial charge in [0.15, 0.2) is 0 Å². The minimum absolute atomic E-state index is 0.584. The summed E-state index contributed by atoms with van der Waals surface area (Å²) in [5, 5.41) is 1.03. The lowest BCUT2D eigenvalue weighted by Gasteiger charge is -2.26. The van der Waals surface area contributed by atoms with E-state index in [1.165, 1.54) is 25.1 Å². The molecular weight excluding hydrogens is 300 g/mol. The maximum atomic E-state index is 3.67. The molecule has 0 spiro atoms. The monoisotopic (exact) mass is 326 g/mol. The molecule has 0 bridgehead atoms. The molecule has 108 valence electrons. The summed E-state index contributed by atoms with van der Waals surface area (Å²) in [5.41, 5.74) is 1.44. The van der Waals surface area contributed by atoms with Crippen molar-refractivity contribution in [2.75, 3.05) is 45.6 Å². The molecule has 3 heteroatoms. The number of halogens is 1. The Morgan fingerprint density at radius 1 is 1.11 bits per heavy atom. The second-order valence-electron chi connectivity index (χ2n) is 5.31. The first-order valence-corrected chi connectivity index (χ1v) is 8.27. The van der Waals surface area contributed by atoms with Gasteiger partial charge in [-0.15, -0.1) is 0 Å². The minimum atomic E-state index is 0.584. The van der Waals surface area contributed by atoms with E-state index in [2.05, 4.69) is 77.1 Å². The van der Waals surface area contributed by atoms with Gasteiger partial charge >= 0.3 is 0 Å². The molecule has 1 atom stereocenters. The molecule has 1 unspecified atom stereocenters. The lowest BCUT2D eigenvalue weighted by molar-refractivity contribution is 0.256. The third-order valence-corrected chi connectivity index (χ3v) is 4.24. The van der Waals surface area contributed by atoms with Crippen molar-refractivity contribution >= 4 is 15.9 Å². The maximum absolute atomic E-state index is 3.67. The van der Waals surface area contributed by atoms with Gasteiger partial charge in [-0.3, -0.25) is 0 Å². The summed E-state index contributed by atoms with van der Waals surface area (Å²) >= 11 is 3.67. The zero-order valence-electron chi connectivity index (χ0n) is 12.5. The van der Waals surface area contributed by atoms with Crippen molar-refractivity contribution in [3.63, 3.8) is 0 Å². The SMILES string of the molecule is CCN(CCCN(C)C)CC(CBr)c1ccccc1. The summed E-state index contributed by atoms with van der Waals surface area (Å²) in [6.07, 6.45) is 1.24. The van der Waals surface area contributed by atoms with E-state index >= 15 is 0 Å². The van der Waals surface area contributed by atoms with Gasteiger partial charge in [-0.1, -0.05) is 53.2 Å². The number of rotatable bonds is 9. The van der Waals surface area contributed by atoms with Crippen LogP contribution in [0.3, 0.4) is 0 Å². The smallest absolute Gasteiger partial charge is 0.0112 e. The summed E-state index contributed by atoms with van der Waals surface area (Å²) in [4.78, 5) is 4.81. The number of benzene rings is 1. The lowest BCUT2D eigenvalue weighted by Crippen LogP contribution is -2.31. The predicted molar refractivity (Wildman–Crippen MR) is 88.3 cm³/mol. The fourth-order valence-electron chi connectivity index (χ4n) is 2.27. The Morgan fingerprint density at radius 2 is 1.79 bits per heavy atom. The Kier molecular flexibility index (Phi) is 8.35. The van der Waals surface area contributed by atoms with E-state index in [1.54, 1.807) is 0 Å². The Labute approximate surface area is 126 Å². The highest BCUT2D eigenvalue weighted by atomic mass is 79.9. The first kappa shape index (κ1) is 16.7. The topological polar surface area (TPSA) is 6.48 Å². The second kappa shape index (κ2) is 9.51. The van der Waals surface area contributed by atoms with Crippen LogP contribution in [0.1, 0.15) is 24.8 Å². The third kappa shape index (κ3) is 6.55.